The number of aliphatic carboxylic acids is 1. The minimum Gasteiger partial charge on any atom is -0.480 e. The molecule has 1 heterocycles. The number of fused-ring (bicyclic) bond motifs is 5. The number of hydrogen-bond donors (Lipinski definition) is 4. The zero-order chi connectivity index (χ0) is 34.9. The molecule has 49 heavy (non-hydrogen) atoms. The first-order valence-corrected chi connectivity index (χ1v) is 16.5. The van der Waals surface area contributed by atoms with Gasteiger partial charge in [-0.1, -0.05) is 98.8 Å². The van der Waals surface area contributed by atoms with Gasteiger partial charge < -0.3 is 26.0 Å². The fraction of sp³-hybridized carbons (Fsp3) is 0.250. The molecule has 0 spiro atoms. The molecule has 0 saturated carbocycles. The number of nitrogens with zero attached hydrogens (tertiary/aromatic N) is 1. The van der Waals surface area contributed by atoms with Gasteiger partial charge in [0.2, 0.25) is 11.8 Å². The van der Waals surface area contributed by atoms with E-state index in [1.807, 2.05) is 60.7 Å². The van der Waals surface area contributed by atoms with Crippen LogP contribution in [-0.2, 0) is 27.2 Å². The Balaban J connectivity index is 1.30. The number of carbonyl (C=O) groups excluding carboxylic acids is 3. The van der Waals surface area contributed by atoms with Crippen molar-refractivity contribution in [1.82, 2.24) is 20.9 Å². The average Bonchev–Trinajstić information content (AvgIpc) is 3.12. The standard InChI is InChI=1S/C40H42N4O5/c1-4-5-8-27-13-15-29(16-14-27)30-17-19-31(20-18-30)38(46)41-24-26(2)44(3)37-34-12-7-11-33(23-34)32-10-6-9-28(21-32)22-35(40(48)49)43-36(45)25-42-39(37)47/h6-7,9-21,23,35,37H,2,4-5,8,22,24-25H2,1,3H3,(H,41,46)(H,42,47)(H,43,45)(H,48,49)/t35-,37?/m0/s1. The van der Waals surface area contributed by atoms with Crippen molar-refractivity contribution in [2.45, 2.75) is 44.7 Å². The Labute approximate surface area is 287 Å². The maximum absolute atomic E-state index is 13.7. The average molecular weight is 659 g/mol. The van der Waals surface area contributed by atoms with Crippen molar-refractivity contribution in [3.63, 3.8) is 0 Å². The summed E-state index contributed by atoms with van der Waals surface area (Å²) in [6.45, 7) is 6.00. The molecule has 0 aromatic heterocycles. The molecular formula is C40H42N4O5. The largest absolute Gasteiger partial charge is 0.480 e. The molecule has 4 aromatic carbocycles. The van der Waals surface area contributed by atoms with Crippen LogP contribution in [0.4, 0.5) is 0 Å². The van der Waals surface area contributed by atoms with Crippen molar-refractivity contribution in [2.75, 3.05) is 20.1 Å². The molecule has 9 heteroatoms. The number of benzene rings is 4. The number of likely N-dealkylation sites (N-methyl/N-ethyl adjacent to an activating group) is 1. The van der Waals surface area contributed by atoms with E-state index in [1.165, 1.54) is 5.56 Å². The van der Waals surface area contributed by atoms with E-state index in [4.69, 9.17) is 0 Å². The van der Waals surface area contributed by atoms with Gasteiger partial charge >= 0.3 is 5.97 Å². The first-order valence-electron chi connectivity index (χ1n) is 16.5. The number of unbranched alkanes of at least 4 members (excludes halogenated alkanes) is 1. The number of carboxylic acids is 1. The number of carboxylic acid groups (broad SMARTS) is 1. The Hall–Kier alpha value is -5.70. The van der Waals surface area contributed by atoms with E-state index in [2.05, 4.69) is 53.7 Å². The van der Waals surface area contributed by atoms with Crippen molar-refractivity contribution in [2.24, 2.45) is 0 Å². The van der Waals surface area contributed by atoms with Crippen LogP contribution in [0.1, 0.15) is 52.9 Å². The summed E-state index contributed by atoms with van der Waals surface area (Å²) in [5.41, 5.74) is 7.47. The van der Waals surface area contributed by atoms with Crippen LogP contribution in [0, 0.1) is 0 Å². The molecule has 0 fully saturated rings. The van der Waals surface area contributed by atoms with Crippen LogP contribution in [0.2, 0.25) is 0 Å². The molecule has 0 aliphatic carbocycles. The monoisotopic (exact) mass is 658 g/mol. The first-order chi connectivity index (χ1) is 23.6. The predicted molar refractivity (Wildman–Crippen MR) is 191 cm³/mol. The molecule has 4 aromatic rings. The van der Waals surface area contributed by atoms with Gasteiger partial charge in [-0.25, -0.2) is 4.79 Å². The fourth-order valence-electron chi connectivity index (χ4n) is 5.91. The number of aryl methyl sites for hydroxylation is 1. The third kappa shape index (κ3) is 8.81. The summed E-state index contributed by atoms with van der Waals surface area (Å²) in [7, 11) is 1.71. The van der Waals surface area contributed by atoms with E-state index >= 15 is 0 Å². The summed E-state index contributed by atoms with van der Waals surface area (Å²) in [5, 5.41) is 17.8. The summed E-state index contributed by atoms with van der Waals surface area (Å²) >= 11 is 0. The highest BCUT2D eigenvalue weighted by Crippen LogP contribution is 2.29. The highest BCUT2D eigenvalue weighted by atomic mass is 16.4. The minimum atomic E-state index is -1.17. The molecular weight excluding hydrogens is 616 g/mol. The van der Waals surface area contributed by atoms with Crippen LogP contribution in [0.25, 0.3) is 22.3 Å². The zero-order valence-corrected chi connectivity index (χ0v) is 27.9. The maximum Gasteiger partial charge on any atom is 0.326 e. The molecule has 1 aliphatic heterocycles. The lowest BCUT2D eigenvalue weighted by molar-refractivity contribution is -0.141. The number of hydrogen-bond acceptors (Lipinski definition) is 5. The second kappa shape index (κ2) is 15.9. The molecule has 1 unspecified atom stereocenters. The van der Waals surface area contributed by atoms with Gasteiger partial charge in [-0.05, 0) is 70.0 Å². The van der Waals surface area contributed by atoms with E-state index in [9.17, 15) is 24.3 Å². The summed E-state index contributed by atoms with van der Waals surface area (Å²) in [6, 6.07) is 28.8. The molecule has 252 valence electrons. The van der Waals surface area contributed by atoms with Crippen molar-refractivity contribution in [3.8, 4) is 22.3 Å². The lowest BCUT2D eigenvalue weighted by Crippen LogP contribution is -2.48. The van der Waals surface area contributed by atoms with Crippen LogP contribution >= 0.6 is 0 Å². The van der Waals surface area contributed by atoms with E-state index in [1.54, 1.807) is 24.1 Å². The SMILES string of the molecule is C=C(CNC(=O)c1ccc(-c2ccc(CCCC)cc2)cc1)N(C)C1C(=O)NCC(=O)N[C@H](C(=O)O)Cc2cccc(c2)-c2cccc1c2. The highest BCUT2D eigenvalue weighted by molar-refractivity contribution is 5.95. The minimum absolute atomic E-state index is 0.0720. The smallest absolute Gasteiger partial charge is 0.326 e. The summed E-state index contributed by atoms with van der Waals surface area (Å²) < 4.78 is 0. The first kappa shape index (κ1) is 34.6. The lowest BCUT2D eigenvalue weighted by Gasteiger charge is -2.31. The second-order valence-corrected chi connectivity index (χ2v) is 12.3. The topological polar surface area (TPSA) is 128 Å². The second-order valence-electron chi connectivity index (χ2n) is 12.3. The van der Waals surface area contributed by atoms with Crippen molar-refractivity contribution in [1.29, 1.82) is 0 Å². The number of nitrogens with one attached hydrogen (secondary N) is 3. The quantitative estimate of drug-likeness (QED) is 0.178. The highest BCUT2D eigenvalue weighted by Gasteiger charge is 2.28. The fourth-order valence-corrected chi connectivity index (χ4v) is 5.91. The summed E-state index contributed by atoms with van der Waals surface area (Å²) in [4.78, 5) is 53.1. The van der Waals surface area contributed by atoms with Gasteiger partial charge in [0.15, 0.2) is 0 Å². The van der Waals surface area contributed by atoms with Crippen LogP contribution in [0.3, 0.4) is 0 Å². The van der Waals surface area contributed by atoms with Crippen LogP contribution in [-0.4, -0.2) is 59.9 Å². The molecule has 0 radical (unpaired) electrons. The normalized spacial score (nSPS) is 16.0. The Morgan fingerprint density at radius 1 is 0.898 bits per heavy atom. The van der Waals surface area contributed by atoms with Crippen LogP contribution < -0.4 is 16.0 Å². The van der Waals surface area contributed by atoms with Crippen molar-refractivity contribution >= 4 is 23.7 Å². The van der Waals surface area contributed by atoms with Crippen LogP contribution in [0.5, 0.6) is 0 Å². The Morgan fingerprint density at radius 2 is 1.55 bits per heavy atom. The van der Waals surface area contributed by atoms with E-state index < -0.39 is 36.4 Å². The third-order valence-corrected chi connectivity index (χ3v) is 8.80. The molecule has 4 N–H and O–H groups in total. The van der Waals surface area contributed by atoms with Gasteiger partial charge in [0.1, 0.15) is 12.1 Å². The summed E-state index contributed by atoms with van der Waals surface area (Å²) in [5.74, 6) is -2.55. The Morgan fingerprint density at radius 3 is 2.22 bits per heavy atom. The van der Waals surface area contributed by atoms with E-state index in [-0.39, 0.29) is 18.9 Å². The Bertz CT molecular complexity index is 1830. The predicted octanol–water partition coefficient (Wildman–Crippen LogP) is 5.52. The zero-order valence-electron chi connectivity index (χ0n) is 27.9. The molecule has 4 bridgehead atoms. The molecule has 9 nitrogen and oxygen atoms in total. The number of amides is 3. The molecule has 1 aliphatic rings. The molecule has 2 atom stereocenters. The van der Waals surface area contributed by atoms with Crippen LogP contribution in [0.15, 0.2) is 109 Å². The van der Waals surface area contributed by atoms with Gasteiger partial charge in [0.25, 0.3) is 5.91 Å². The van der Waals surface area contributed by atoms with Gasteiger partial charge in [0, 0.05) is 24.7 Å². The summed E-state index contributed by atoms with van der Waals surface area (Å²) in [6.07, 6.45) is 3.48. The van der Waals surface area contributed by atoms with Crippen molar-refractivity contribution in [3.05, 3.63) is 132 Å². The number of rotatable bonds is 10. The third-order valence-electron chi connectivity index (χ3n) is 8.80. The number of carbonyl (C=O) groups is 4. The van der Waals surface area contributed by atoms with E-state index in [0.717, 1.165) is 47.1 Å². The van der Waals surface area contributed by atoms with Gasteiger partial charge in [-0.15, -0.1) is 0 Å². The lowest BCUT2D eigenvalue weighted by atomic mass is 9.95. The van der Waals surface area contributed by atoms with Gasteiger partial charge in [-0.3, -0.25) is 14.4 Å². The molecule has 0 saturated heterocycles. The van der Waals surface area contributed by atoms with Crippen molar-refractivity contribution < 1.29 is 24.3 Å². The van der Waals surface area contributed by atoms with Gasteiger partial charge in [0.05, 0.1) is 13.1 Å². The maximum atomic E-state index is 13.7. The molecule has 5 rings (SSSR count). The Kier molecular flexibility index (Phi) is 11.3. The molecule has 3 amide bonds. The van der Waals surface area contributed by atoms with Gasteiger partial charge in [-0.2, -0.15) is 0 Å². The van der Waals surface area contributed by atoms with E-state index in [0.29, 0.717) is 16.8 Å².